The van der Waals surface area contributed by atoms with Gasteiger partial charge in [0.05, 0.1) is 3.79 Å². The molecule has 0 aliphatic heterocycles. The summed E-state index contributed by atoms with van der Waals surface area (Å²) in [6, 6.07) is 15.4. The van der Waals surface area contributed by atoms with Crippen LogP contribution in [-0.2, 0) is 6.42 Å². The highest BCUT2D eigenvalue weighted by molar-refractivity contribution is 9.11. The van der Waals surface area contributed by atoms with Crippen molar-refractivity contribution < 1.29 is 0 Å². The van der Waals surface area contributed by atoms with Gasteiger partial charge in [-0.05, 0) is 53.0 Å². The third-order valence-corrected chi connectivity index (χ3v) is 4.60. The Bertz CT molecular complexity index is 466. The summed E-state index contributed by atoms with van der Waals surface area (Å²) in [7, 11) is 0. The summed E-state index contributed by atoms with van der Waals surface area (Å²) in [6.07, 6.45) is 2.21. The molecule has 1 N–H and O–H groups in total. The smallest absolute Gasteiger partial charge is 0.0701 e. The quantitative estimate of drug-likeness (QED) is 0.805. The second-order valence-corrected chi connectivity index (χ2v) is 6.83. The fourth-order valence-corrected chi connectivity index (χ4v) is 3.46. The van der Waals surface area contributed by atoms with Crippen LogP contribution < -0.4 is 5.32 Å². The summed E-state index contributed by atoms with van der Waals surface area (Å²) in [4.78, 5) is 1.40. The molecule has 0 saturated heterocycles. The minimum atomic E-state index is 0.420. The lowest BCUT2D eigenvalue weighted by molar-refractivity contribution is 0.536. The maximum absolute atomic E-state index is 3.64. The first-order chi connectivity index (χ1) is 8.79. The fourth-order valence-electron chi connectivity index (χ4n) is 1.96. The van der Waals surface area contributed by atoms with Crippen LogP contribution in [0.3, 0.4) is 0 Å². The van der Waals surface area contributed by atoms with E-state index >= 15 is 0 Å². The predicted octanol–water partition coefficient (Wildman–Crippen LogP) is 4.79. The lowest BCUT2D eigenvalue weighted by atomic mass is 10.0. The second kappa shape index (κ2) is 7.07. The monoisotopic (exact) mass is 323 g/mol. The number of hydrogen-bond acceptors (Lipinski definition) is 2. The molecule has 1 aromatic carbocycles. The average molecular weight is 324 g/mol. The van der Waals surface area contributed by atoms with Gasteiger partial charge in [0.25, 0.3) is 0 Å². The molecule has 0 aliphatic rings. The van der Waals surface area contributed by atoms with Crippen LogP contribution in [0.2, 0.25) is 0 Å². The van der Waals surface area contributed by atoms with E-state index in [1.54, 1.807) is 0 Å². The maximum atomic E-state index is 3.64. The van der Waals surface area contributed by atoms with Crippen molar-refractivity contribution in [3.05, 3.63) is 56.7 Å². The largest absolute Gasteiger partial charge is 0.309 e. The van der Waals surface area contributed by atoms with Crippen molar-refractivity contribution in [2.75, 3.05) is 6.54 Å². The Morgan fingerprint density at radius 3 is 2.56 bits per heavy atom. The van der Waals surface area contributed by atoms with Gasteiger partial charge in [-0.2, -0.15) is 0 Å². The van der Waals surface area contributed by atoms with Crippen LogP contribution in [0.4, 0.5) is 0 Å². The van der Waals surface area contributed by atoms with Gasteiger partial charge < -0.3 is 5.32 Å². The van der Waals surface area contributed by atoms with Crippen molar-refractivity contribution >= 4 is 27.3 Å². The Morgan fingerprint density at radius 2 is 1.94 bits per heavy atom. The van der Waals surface area contributed by atoms with Gasteiger partial charge in [-0.3, -0.25) is 0 Å². The Balaban J connectivity index is 2.10. The van der Waals surface area contributed by atoms with E-state index in [4.69, 9.17) is 0 Å². The van der Waals surface area contributed by atoms with Gasteiger partial charge in [0, 0.05) is 10.9 Å². The zero-order valence-electron chi connectivity index (χ0n) is 10.5. The molecular weight excluding hydrogens is 306 g/mol. The third-order valence-electron chi connectivity index (χ3n) is 2.86. The van der Waals surface area contributed by atoms with Gasteiger partial charge in [0.15, 0.2) is 0 Å². The summed E-state index contributed by atoms with van der Waals surface area (Å²) in [5.74, 6) is 0. The number of nitrogens with one attached hydrogen (secondary N) is 1. The van der Waals surface area contributed by atoms with Crippen molar-refractivity contribution in [3.63, 3.8) is 0 Å². The van der Waals surface area contributed by atoms with Crippen molar-refractivity contribution in [1.82, 2.24) is 5.32 Å². The standard InChI is InChI=1S/C15H18BrNS/c1-2-10-17-13(14-8-9-15(16)18-14)11-12-6-4-3-5-7-12/h3-9,13,17H,2,10-11H2,1H3. The van der Waals surface area contributed by atoms with E-state index in [2.05, 4.69) is 70.6 Å². The molecule has 96 valence electrons. The lowest BCUT2D eigenvalue weighted by Gasteiger charge is -2.17. The van der Waals surface area contributed by atoms with E-state index in [0.717, 1.165) is 19.4 Å². The highest BCUT2D eigenvalue weighted by Gasteiger charge is 2.13. The molecular formula is C15H18BrNS. The van der Waals surface area contributed by atoms with Crippen LogP contribution in [0.1, 0.15) is 29.8 Å². The number of rotatable bonds is 6. The normalized spacial score (nSPS) is 12.6. The third kappa shape index (κ3) is 3.94. The van der Waals surface area contributed by atoms with Crippen LogP contribution in [-0.4, -0.2) is 6.54 Å². The van der Waals surface area contributed by atoms with Gasteiger partial charge in [0.1, 0.15) is 0 Å². The first-order valence-electron chi connectivity index (χ1n) is 6.32. The van der Waals surface area contributed by atoms with E-state index in [-0.39, 0.29) is 0 Å². The molecule has 0 bridgehead atoms. The highest BCUT2D eigenvalue weighted by Crippen LogP contribution is 2.29. The molecule has 0 fully saturated rings. The van der Waals surface area contributed by atoms with Gasteiger partial charge in [-0.15, -0.1) is 11.3 Å². The molecule has 2 aromatic rings. The Labute approximate surface area is 121 Å². The van der Waals surface area contributed by atoms with Crippen LogP contribution in [0, 0.1) is 0 Å². The zero-order chi connectivity index (χ0) is 12.8. The fraction of sp³-hybridized carbons (Fsp3) is 0.333. The Morgan fingerprint density at radius 1 is 1.17 bits per heavy atom. The van der Waals surface area contributed by atoms with Gasteiger partial charge in [0.2, 0.25) is 0 Å². The van der Waals surface area contributed by atoms with Crippen LogP contribution >= 0.6 is 27.3 Å². The number of benzene rings is 1. The van der Waals surface area contributed by atoms with E-state index in [1.807, 2.05) is 11.3 Å². The second-order valence-electron chi connectivity index (χ2n) is 4.34. The minimum Gasteiger partial charge on any atom is -0.309 e. The van der Waals surface area contributed by atoms with Crippen LogP contribution in [0.15, 0.2) is 46.3 Å². The molecule has 0 saturated carbocycles. The van der Waals surface area contributed by atoms with E-state index < -0.39 is 0 Å². The molecule has 1 atom stereocenters. The molecule has 0 aliphatic carbocycles. The summed E-state index contributed by atoms with van der Waals surface area (Å²) >= 11 is 5.36. The van der Waals surface area contributed by atoms with E-state index in [0.29, 0.717) is 6.04 Å². The van der Waals surface area contributed by atoms with Crippen LogP contribution in [0.25, 0.3) is 0 Å². The Kier molecular flexibility index (Phi) is 5.42. The molecule has 0 amide bonds. The van der Waals surface area contributed by atoms with Crippen molar-refractivity contribution in [2.24, 2.45) is 0 Å². The molecule has 2 rings (SSSR count). The predicted molar refractivity (Wildman–Crippen MR) is 83.2 cm³/mol. The van der Waals surface area contributed by atoms with Crippen molar-refractivity contribution in [1.29, 1.82) is 0 Å². The summed E-state index contributed by atoms with van der Waals surface area (Å²) < 4.78 is 1.20. The average Bonchev–Trinajstić information content (AvgIpc) is 2.82. The van der Waals surface area contributed by atoms with Crippen LogP contribution in [0.5, 0.6) is 0 Å². The maximum Gasteiger partial charge on any atom is 0.0701 e. The first kappa shape index (κ1) is 13.8. The highest BCUT2D eigenvalue weighted by atomic mass is 79.9. The SMILES string of the molecule is CCCNC(Cc1ccccc1)c1ccc(Br)s1. The van der Waals surface area contributed by atoms with Crippen molar-refractivity contribution in [3.8, 4) is 0 Å². The molecule has 1 aromatic heterocycles. The van der Waals surface area contributed by atoms with Gasteiger partial charge >= 0.3 is 0 Å². The van der Waals surface area contributed by atoms with Crippen molar-refractivity contribution in [2.45, 2.75) is 25.8 Å². The lowest BCUT2D eigenvalue weighted by Crippen LogP contribution is -2.23. The topological polar surface area (TPSA) is 12.0 Å². The number of halogens is 1. The molecule has 18 heavy (non-hydrogen) atoms. The summed E-state index contributed by atoms with van der Waals surface area (Å²) in [6.45, 7) is 3.27. The van der Waals surface area contributed by atoms with E-state index in [9.17, 15) is 0 Å². The molecule has 1 heterocycles. The molecule has 0 radical (unpaired) electrons. The summed E-state index contributed by atoms with van der Waals surface area (Å²) in [5, 5.41) is 3.64. The Hall–Kier alpha value is -0.640. The first-order valence-corrected chi connectivity index (χ1v) is 7.93. The van der Waals surface area contributed by atoms with Gasteiger partial charge in [-0.25, -0.2) is 0 Å². The van der Waals surface area contributed by atoms with E-state index in [1.165, 1.54) is 14.2 Å². The number of thiophene rings is 1. The molecule has 0 spiro atoms. The van der Waals surface area contributed by atoms with Gasteiger partial charge in [-0.1, -0.05) is 37.3 Å². The summed E-state index contributed by atoms with van der Waals surface area (Å²) in [5.41, 5.74) is 1.38. The number of hydrogen-bond donors (Lipinski definition) is 1. The molecule has 3 heteroatoms. The molecule has 1 nitrogen and oxygen atoms in total. The minimum absolute atomic E-state index is 0.420. The molecule has 1 unspecified atom stereocenters. The zero-order valence-corrected chi connectivity index (χ0v) is 12.9.